The molecular formula is C13H21N3O3S. The van der Waals surface area contributed by atoms with Gasteiger partial charge in [0.1, 0.15) is 0 Å². The summed E-state index contributed by atoms with van der Waals surface area (Å²) in [6.45, 7) is 0.00646. The second-order valence-electron chi connectivity index (χ2n) is 5.46. The number of rotatable bonds is 4. The molecule has 0 bridgehead atoms. The lowest BCUT2D eigenvalue weighted by atomic mass is 9.82. The van der Waals surface area contributed by atoms with Gasteiger partial charge < -0.3 is 16.2 Å². The van der Waals surface area contributed by atoms with Gasteiger partial charge in [-0.25, -0.2) is 13.6 Å². The molecule has 0 aromatic heterocycles. The first-order chi connectivity index (χ1) is 9.35. The molecule has 20 heavy (non-hydrogen) atoms. The van der Waals surface area contributed by atoms with Gasteiger partial charge in [-0.15, -0.1) is 0 Å². The number of nitrogens with two attached hydrogens (primary N) is 2. The Morgan fingerprint density at radius 1 is 1.20 bits per heavy atom. The number of primary sulfonamides is 1. The Morgan fingerprint density at radius 3 is 2.40 bits per heavy atom. The smallest absolute Gasteiger partial charge is 0.238 e. The Balaban J connectivity index is 2.31. The maximum absolute atomic E-state index is 11.4. The summed E-state index contributed by atoms with van der Waals surface area (Å²) in [4.78, 5) is -0.0242. The number of nitrogen functional groups attached to an aromatic ring is 1. The molecule has 0 aliphatic heterocycles. The van der Waals surface area contributed by atoms with Gasteiger partial charge in [-0.2, -0.15) is 0 Å². The van der Waals surface area contributed by atoms with E-state index in [-0.39, 0.29) is 11.5 Å². The van der Waals surface area contributed by atoms with Gasteiger partial charge in [0.05, 0.1) is 17.0 Å². The quantitative estimate of drug-likeness (QED) is 0.619. The minimum Gasteiger partial charge on any atom is -0.399 e. The third-order valence-electron chi connectivity index (χ3n) is 3.78. The standard InChI is InChI=1S/C13H21N3O3S/c14-10-6-11(8-12(7-10)20(15,18)19)16-13(9-17)4-2-1-3-5-13/h6-8,16-17H,1-5,9,14H2,(H2,15,18,19). The number of benzene rings is 1. The molecule has 1 aromatic rings. The maximum atomic E-state index is 11.4. The second kappa shape index (κ2) is 5.59. The fourth-order valence-corrected chi connectivity index (χ4v) is 3.31. The number of hydrogen-bond donors (Lipinski definition) is 4. The van der Waals surface area contributed by atoms with Crippen molar-refractivity contribution in [3.63, 3.8) is 0 Å². The molecule has 0 saturated heterocycles. The molecule has 6 N–H and O–H groups in total. The van der Waals surface area contributed by atoms with Crippen LogP contribution in [0.5, 0.6) is 0 Å². The first-order valence-corrected chi connectivity index (χ1v) is 8.22. The third kappa shape index (κ3) is 3.41. The lowest BCUT2D eigenvalue weighted by molar-refractivity contribution is 0.173. The summed E-state index contributed by atoms with van der Waals surface area (Å²) in [6.07, 6.45) is 4.94. The number of sulfonamides is 1. The summed E-state index contributed by atoms with van der Waals surface area (Å²) < 4.78 is 22.8. The molecule has 0 radical (unpaired) electrons. The zero-order valence-electron chi connectivity index (χ0n) is 11.3. The highest BCUT2D eigenvalue weighted by Gasteiger charge is 2.31. The van der Waals surface area contributed by atoms with Crippen LogP contribution in [0.25, 0.3) is 0 Å². The zero-order valence-corrected chi connectivity index (χ0v) is 12.1. The number of hydrogen-bond acceptors (Lipinski definition) is 5. The summed E-state index contributed by atoms with van der Waals surface area (Å²) in [5, 5.41) is 18.0. The van der Waals surface area contributed by atoms with Crippen molar-refractivity contribution in [3.8, 4) is 0 Å². The van der Waals surface area contributed by atoms with Crippen molar-refractivity contribution in [3.05, 3.63) is 18.2 Å². The van der Waals surface area contributed by atoms with Crippen LogP contribution in [0.4, 0.5) is 11.4 Å². The molecule has 7 heteroatoms. The topological polar surface area (TPSA) is 118 Å². The maximum Gasteiger partial charge on any atom is 0.238 e. The fraction of sp³-hybridized carbons (Fsp3) is 0.538. The van der Waals surface area contributed by atoms with E-state index in [1.807, 2.05) is 0 Å². The van der Waals surface area contributed by atoms with Gasteiger partial charge in [0.2, 0.25) is 10.0 Å². The molecule has 0 spiro atoms. The van der Waals surface area contributed by atoms with Crippen LogP contribution in [0.2, 0.25) is 0 Å². The monoisotopic (exact) mass is 299 g/mol. The van der Waals surface area contributed by atoms with Crippen LogP contribution in [0.3, 0.4) is 0 Å². The Kier molecular flexibility index (Phi) is 4.22. The number of anilines is 2. The molecule has 1 fully saturated rings. The highest BCUT2D eigenvalue weighted by atomic mass is 32.2. The van der Waals surface area contributed by atoms with E-state index in [0.717, 1.165) is 32.1 Å². The minimum atomic E-state index is -3.80. The van der Waals surface area contributed by atoms with Gasteiger partial charge in [-0.3, -0.25) is 0 Å². The van der Waals surface area contributed by atoms with Crippen molar-refractivity contribution >= 4 is 21.4 Å². The summed E-state index contributed by atoms with van der Waals surface area (Å²) in [5.41, 5.74) is 6.22. The molecule has 112 valence electrons. The van der Waals surface area contributed by atoms with Gasteiger partial charge in [0.15, 0.2) is 0 Å². The second-order valence-corrected chi connectivity index (χ2v) is 7.02. The van der Waals surface area contributed by atoms with E-state index in [1.54, 1.807) is 6.07 Å². The van der Waals surface area contributed by atoms with Crippen LogP contribution < -0.4 is 16.2 Å². The summed E-state index contributed by atoms with van der Waals surface area (Å²) in [6, 6.07) is 4.44. The lowest BCUT2D eigenvalue weighted by Crippen LogP contribution is -2.43. The van der Waals surface area contributed by atoms with E-state index < -0.39 is 15.6 Å². The molecule has 0 amide bonds. The molecule has 1 aromatic carbocycles. The Labute approximate surface area is 119 Å². The van der Waals surface area contributed by atoms with Crippen LogP contribution in [0.1, 0.15) is 32.1 Å². The zero-order chi connectivity index (χ0) is 14.8. The van der Waals surface area contributed by atoms with Gasteiger partial charge >= 0.3 is 0 Å². The van der Waals surface area contributed by atoms with E-state index >= 15 is 0 Å². The molecule has 6 nitrogen and oxygen atoms in total. The van der Waals surface area contributed by atoms with Crippen molar-refractivity contribution in [2.75, 3.05) is 17.7 Å². The Morgan fingerprint density at radius 2 is 1.85 bits per heavy atom. The number of nitrogens with one attached hydrogen (secondary N) is 1. The van der Waals surface area contributed by atoms with Crippen molar-refractivity contribution in [1.82, 2.24) is 0 Å². The van der Waals surface area contributed by atoms with Gasteiger partial charge in [-0.1, -0.05) is 19.3 Å². The molecule has 1 saturated carbocycles. The number of aliphatic hydroxyl groups excluding tert-OH is 1. The SMILES string of the molecule is Nc1cc(NC2(CO)CCCCC2)cc(S(N)(=O)=O)c1. The van der Waals surface area contributed by atoms with Crippen molar-refractivity contribution in [2.24, 2.45) is 5.14 Å². The molecule has 0 atom stereocenters. The number of aliphatic hydroxyl groups is 1. The van der Waals surface area contributed by atoms with Crippen LogP contribution >= 0.6 is 0 Å². The van der Waals surface area contributed by atoms with Crippen molar-refractivity contribution < 1.29 is 13.5 Å². The van der Waals surface area contributed by atoms with Crippen molar-refractivity contribution in [2.45, 2.75) is 42.5 Å². The summed E-state index contributed by atoms with van der Waals surface area (Å²) in [5.74, 6) is 0. The van der Waals surface area contributed by atoms with E-state index in [2.05, 4.69) is 5.32 Å². The molecule has 1 aliphatic rings. The first kappa shape index (κ1) is 15.1. The average Bonchev–Trinajstić information content (AvgIpc) is 2.38. The van der Waals surface area contributed by atoms with Crippen LogP contribution in [0, 0.1) is 0 Å². The van der Waals surface area contributed by atoms with Crippen LogP contribution in [0.15, 0.2) is 23.1 Å². The summed E-state index contributed by atoms with van der Waals surface area (Å²) >= 11 is 0. The highest BCUT2D eigenvalue weighted by Crippen LogP contribution is 2.32. The third-order valence-corrected chi connectivity index (χ3v) is 4.67. The van der Waals surface area contributed by atoms with E-state index in [4.69, 9.17) is 10.9 Å². The van der Waals surface area contributed by atoms with Gasteiger partial charge in [0, 0.05) is 11.4 Å². The molecule has 2 rings (SSSR count). The van der Waals surface area contributed by atoms with Gasteiger partial charge in [0.25, 0.3) is 0 Å². The lowest BCUT2D eigenvalue weighted by Gasteiger charge is -2.37. The van der Waals surface area contributed by atoms with Gasteiger partial charge in [-0.05, 0) is 31.0 Å². The van der Waals surface area contributed by atoms with Crippen LogP contribution in [-0.2, 0) is 10.0 Å². The highest BCUT2D eigenvalue weighted by molar-refractivity contribution is 7.89. The molecule has 1 aliphatic carbocycles. The summed E-state index contributed by atoms with van der Waals surface area (Å²) in [7, 11) is -3.80. The largest absolute Gasteiger partial charge is 0.399 e. The van der Waals surface area contributed by atoms with Crippen LogP contribution in [-0.4, -0.2) is 25.7 Å². The normalized spacial score (nSPS) is 18.7. The Hall–Kier alpha value is -1.31. The van der Waals surface area contributed by atoms with Crippen molar-refractivity contribution in [1.29, 1.82) is 0 Å². The molecule has 0 heterocycles. The van der Waals surface area contributed by atoms with E-state index in [0.29, 0.717) is 11.4 Å². The predicted octanol–water partition coefficient (Wildman–Crippen LogP) is 1.02. The van der Waals surface area contributed by atoms with E-state index in [9.17, 15) is 13.5 Å². The predicted molar refractivity (Wildman–Crippen MR) is 78.8 cm³/mol. The first-order valence-electron chi connectivity index (χ1n) is 6.67. The average molecular weight is 299 g/mol. The molecule has 0 unspecified atom stereocenters. The minimum absolute atomic E-state index is 0.00646. The molecular weight excluding hydrogens is 278 g/mol. The fourth-order valence-electron chi connectivity index (χ4n) is 2.72. The van der Waals surface area contributed by atoms with E-state index in [1.165, 1.54) is 12.1 Å². The Bertz CT molecular complexity index is 581.